The van der Waals surface area contributed by atoms with E-state index >= 15 is 0 Å². The van der Waals surface area contributed by atoms with Gasteiger partial charge in [0.2, 0.25) is 0 Å². The van der Waals surface area contributed by atoms with Crippen molar-refractivity contribution in [2.75, 3.05) is 0 Å². The lowest BCUT2D eigenvalue weighted by atomic mass is 9.83. The summed E-state index contributed by atoms with van der Waals surface area (Å²) in [6, 6.07) is 11.8. The second-order valence-corrected chi connectivity index (χ2v) is 6.97. The Morgan fingerprint density at radius 3 is 2.25 bits per heavy atom. The van der Waals surface area contributed by atoms with Crippen LogP contribution in [-0.2, 0) is 12.8 Å². The summed E-state index contributed by atoms with van der Waals surface area (Å²) in [5, 5.41) is 0. The highest BCUT2D eigenvalue weighted by Crippen LogP contribution is 2.37. The lowest BCUT2D eigenvalue weighted by Crippen LogP contribution is -2.07. The molecule has 24 heavy (non-hydrogen) atoms. The molecule has 0 aliphatic heterocycles. The van der Waals surface area contributed by atoms with Crippen molar-refractivity contribution in [1.82, 2.24) is 0 Å². The minimum atomic E-state index is -0.0703. The molecule has 0 spiro atoms. The zero-order chi connectivity index (χ0) is 17.5. The topological polar surface area (TPSA) is 0 Å². The molecule has 0 aliphatic carbocycles. The lowest BCUT2D eigenvalue weighted by Gasteiger charge is -2.22. The molecule has 0 fully saturated rings. The van der Waals surface area contributed by atoms with Crippen molar-refractivity contribution in [1.29, 1.82) is 0 Å². The SMILES string of the molecule is CCCCCCc1c(CC)cc(F)c(-c2ccccc2)c1C(C)C. The van der Waals surface area contributed by atoms with Gasteiger partial charge in [0, 0.05) is 5.56 Å². The summed E-state index contributed by atoms with van der Waals surface area (Å²) in [7, 11) is 0. The molecule has 2 rings (SSSR count). The van der Waals surface area contributed by atoms with Crippen molar-refractivity contribution in [2.45, 2.75) is 72.1 Å². The van der Waals surface area contributed by atoms with E-state index in [1.807, 2.05) is 30.3 Å². The van der Waals surface area contributed by atoms with Crippen LogP contribution >= 0.6 is 0 Å². The zero-order valence-corrected chi connectivity index (χ0v) is 15.7. The number of unbranched alkanes of at least 4 members (excludes halogenated alkanes) is 3. The van der Waals surface area contributed by atoms with Gasteiger partial charge in [0.05, 0.1) is 0 Å². The molecule has 0 aromatic heterocycles. The average molecular weight is 326 g/mol. The van der Waals surface area contributed by atoms with Gasteiger partial charge in [0.1, 0.15) is 5.82 Å². The lowest BCUT2D eigenvalue weighted by molar-refractivity contribution is 0.618. The molecule has 0 bridgehead atoms. The quantitative estimate of drug-likeness (QED) is 0.446. The molecule has 0 radical (unpaired) electrons. The van der Waals surface area contributed by atoms with Crippen molar-refractivity contribution in [2.24, 2.45) is 0 Å². The third-order valence-corrected chi connectivity index (χ3v) is 4.82. The summed E-state index contributed by atoms with van der Waals surface area (Å²) >= 11 is 0. The van der Waals surface area contributed by atoms with Crippen molar-refractivity contribution in [3.63, 3.8) is 0 Å². The Balaban J connectivity index is 2.54. The third-order valence-electron chi connectivity index (χ3n) is 4.82. The fraction of sp³-hybridized carbons (Fsp3) is 0.478. The summed E-state index contributed by atoms with van der Waals surface area (Å²) in [5.74, 6) is 0.251. The molecule has 0 saturated carbocycles. The van der Waals surface area contributed by atoms with E-state index < -0.39 is 0 Å². The Morgan fingerprint density at radius 2 is 1.67 bits per heavy atom. The molecule has 0 atom stereocenters. The molecule has 2 aromatic carbocycles. The van der Waals surface area contributed by atoms with Crippen LogP contribution in [0, 0.1) is 5.82 Å². The summed E-state index contributed by atoms with van der Waals surface area (Å²) < 4.78 is 15.0. The zero-order valence-electron chi connectivity index (χ0n) is 15.7. The molecule has 0 unspecified atom stereocenters. The van der Waals surface area contributed by atoms with Crippen LogP contribution in [0.15, 0.2) is 36.4 Å². The predicted octanol–water partition coefficient (Wildman–Crippen LogP) is 7.30. The van der Waals surface area contributed by atoms with Gasteiger partial charge >= 0.3 is 0 Å². The number of halogens is 1. The predicted molar refractivity (Wildman–Crippen MR) is 103 cm³/mol. The Labute approximate surface area is 147 Å². The van der Waals surface area contributed by atoms with E-state index in [-0.39, 0.29) is 5.82 Å². The largest absolute Gasteiger partial charge is 0.206 e. The first-order chi connectivity index (χ1) is 11.6. The first kappa shape index (κ1) is 18.7. The van der Waals surface area contributed by atoms with Crippen LogP contribution in [0.25, 0.3) is 11.1 Å². The molecule has 0 amide bonds. The molecular formula is C23H31F. The summed E-state index contributed by atoms with van der Waals surface area (Å²) in [6.07, 6.45) is 6.95. The highest BCUT2D eigenvalue weighted by molar-refractivity contribution is 5.71. The number of hydrogen-bond donors (Lipinski definition) is 0. The number of benzene rings is 2. The van der Waals surface area contributed by atoms with Crippen LogP contribution in [0.3, 0.4) is 0 Å². The van der Waals surface area contributed by atoms with Crippen molar-refractivity contribution < 1.29 is 4.39 Å². The number of aryl methyl sites for hydroxylation is 1. The molecule has 130 valence electrons. The van der Waals surface area contributed by atoms with Gasteiger partial charge < -0.3 is 0 Å². The third kappa shape index (κ3) is 4.26. The molecule has 0 aliphatic rings. The van der Waals surface area contributed by atoms with E-state index in [9.17, 15) is 4.39 Å². The molecule has 2 aromatic rings. The van der Waals surface area contributed by atoms with Gasteiger partial charge in [-0.15, -0.1) is 0 Å². The highest BCUT2D eigenvalue weighted by atomic mass is 19.1. The normalized spacial score (nSPS) is 11.2. The maximum Gasteiger partial charge on any atom is 0.131 e. The second-order valence-electron chi connectivity index (χ2n) is 6.97. The maximum atomic E-state index is 15.0. The monoisotopic (exact) mass is 326 g/mol. The van der Waals surface area contributed by atoms with Gasteiger partial charge in [0.15, 0.2) is 0 Å². The van der Waals surface area contributed by atoms with E-state index in [4.69, 9.17) is 0 Å². The van der Waals surface area contributed by atoms with E-state index in [2.05, 4.69) is 27.7 Å². The molecule has 0 N–H and O–H groups in total. The van der Waals surface area contributed by atoms with Crippen LogP contribution in [0.1, 0.15) is 76.0 Å². The van der Waals surface area contributed by atoms with Gasteiger partial charge in [-0.25, -0.2) is 4.39 Å². The number of hydrogen-bond acceptors (Lipinski definition) is 0. The minimum absolute atomic E-state index is 0.0703. The first-order valence-corrected chi connectivity index (χ1v) is 9.49. The van der Waals surface area contributed by atoms with Crippen molar-refractivity contribution in [3.05, 3.63) is 58.9 Å². The van der Waals surface area contributed by atoms with Gasteiger partial charge in [-0.1, -0.05) is 77.3 Å². The standard InChI is InChI=1S/C23H31F/c1-5-7-8-12-15-20-18(6-2)16-21(24)23(22(20)17(3)4)19-13-10-9-11-14-19/h9-11,13-14,16-17H,5-8,12,15H2,1-4H3. The van der Waals surface area contributed by atoms with Crippen molar-refractivity contribution in [3.8, 4) is 11.1 Å². The molecule has 1 heteroatoms. The Morgan fingerprint density at radius 1 is 0.958 bits per heavy atom. The maximum absolute atomic E-state index is 15.0. The molecular weight excluding hydrogens is 295 g/mol. The van der Waals surface area contributed by atoms with Gasteiger partial charge in [-0.05, 0) is 53.5 Å². The average Bonchev–Trinajstić information content (AvgIpc) is 2.59. The van der Waals surface area contributed by atoms with Crippen LogP contribution < -0.4 is 0 Å². The van der Waals surface area contributed by atoms with E-state index in [0.29, 0.717) is 5.92 Å². The van der Waals surface area contributed by atoms with Gasteiger partial charge in [-0.3, -0.25) is 0 Å². The molecule has 0 heterocycles. The number of rotatable bonds is 8. The van der Waals surface area contributed by atoms with Crippen LogP contribution in [0.4, 0.5) is 4.39 Å². The van der Waals surface area contributed by atoms with Crippen LogP contribution in [0.5, 0.6) is 0 Å². The first-order valence-electron chi connectivity index (χ1n) is 9.49. The van der Waals surface area contributed by atoms with Gasteiger partial charge in [0.25, 0.3) is 0 Å². The summed E-state index contributed by atoms with van der Waals surface area (Å²) in [5.41, 5.74) is 5.61. The Kier molecular flexibility index (Phi) is 7.02. The van der Waals surface area contributed by atoms with E-state index in [0.717, 1.165) is 24.0 Å². The fourth-order valence-corrected chi connectivity index (χ4v) is 3.64. The fourth-order valence-electron chi connectivity index (χ4n) is 3.64. The summed E-state index contributed by atoms with van der Waals surface area (Å²) in [4.78, 5) is 0. The molecule has 0 nitrogen and oxygen atoms in total. The van der Waals surface area contributed by atoms with E-state index in [1.165, 1.54) is 42.4 Å². The minimum Gasteiger partial charge on any atom is -0.206 e. The highest BCUT2D eigenvalue weighted by Gasteiger charge is 2.20. The second kappa shape index (κ2) is 9.01. The van der Waals surface area contributed by atoms with Crippen molar-refractivity contribution >= 4 is 0 Å². The molecule has 0 saturated heterocycles. The van der Waals surface area contributed by atoms with E-state index in [1.54, 1.807) is 6.07 Å². The van der Waals surface area contributed by atoms with Crippen LogP contribution in [-0.4, -0.2) is 0 Å². The Hall–Kier alpha value is -1.63. The summed E-state index contributed by atoms with van der Waals surface area (Å²) in [6.45, 7) is 8.76. The Bertz CT molecular complexity index is 641. The van der Waals surface area contributed by atoms with Gasteiger partial charge in [-0.2, -0.15) is 0 Å². The smallest absolute Gasteiger partial charge is 0.131 e. The van der Waals surface area contributed by atoms with Crippen LogP contribution in [0.2, 0.25) is 0 Å².